The van der Waals surface area contributed by atoms with Gasteiger partial charge in [0, 0.05) is 22.5 Å². The van der Waals surface area contributed by atoms with E-state index in [2.05, 4.69) is 10.6 Å². The average molecular weight is 373 g/mol. The van der Waals surface area contributed by atoms with Crippen LogP contribution in [-0.4, -0.2) is 18.6 Å². The Bertz CT molecular complexity index is 908. The topological polar surface area (TPSA) is 76.7 Å². The van der Waals surface area contributed by atoms with Crippen molar-refractivity contribution in [3.63, 3.8) is 0 Å². The molecule has 1 saturated carbocycles. The molecule has 0 atom stereocenters. The number of anilines is 2. The Morgan fingerprint density at radius 3 is 2.46 bits per heavy atom. The third kappa shape index (κ3) is 2.97. The van der Waals surface area contributed by atoms with E-state index < -0.39 is 5.41 Å². The number of amides is 2. The number of carbonyl (C=O) groups excluding carboxylic acids is 2. The zero-order valence-electron chi connectivity index (χ0n) is 14.1. The van der Waals surface area contributed by atoms with Crippen molar-refractivity contribution in [1.29, 1.82) is 0 Å². The predicted octanol–water partition coefficient (Wildman–Crippen LogP) is 3.73. The Labute approximate surface area is 155 Å². The summed E-state index contributed by atoms with van der Waals surface area (Å²) in [5.74, 6) is 0.593. The number of hydrogen-bond donors (Lipinski definition) is 2. The van der Waals surface area contributed by atoms with Crippen LogP contribution in [0.3, 0.4) is 0 Å². The van der Waals surface area contributed by atoms with Crippen LogP contribution in [0.25, 0.3) is 0 Å². The van der Waals surface area contributed by atoms with Gasteiger partial charge in [0.1, 0.15) is 5.41 Å². The molecule has 2 aromatic carbocycles. The Morgan fingerprint density at radius 1 is 1.00 bits per heavy atom. The summed E-state index contributed by atoms with van der Waals surface area (Å²) >= 11 is 5.94. The van der Waals surface area contributed by atoms with Crippen LogP contribution in [0, 0.1) is 12.3 Å². The molecule has 1 fully saturated rings. The fraction of sp³-hybridized carbons (Fsp3) is 0.263. The SMILES string of the molecule is Cc1cc(Cl)ccc1NC(=O)C1(C(=O)Nc2ccc3c(c2)OCO3)CC1. The average Bonchev–Trinajstić information content (AvgIpc) is 3.30. The molecule has 2 aliphatic rings. The highest BCUT2D eigenvalue weighted by Crippen LogP contribution is 2.48. The van der Waals surface area contributed by atoms with Crippen molar-refractivity contribution in [1.82, 2.24) is 0 Å². The van der Waals surface area contributed by atoms with Crippen LogP contribution in [0.4, 0.5) is 11.4 Å². The van der Waals surface area contributed by atoms with E-state index in [0.29, 0.717) is 40.7 Å². The van der Waals surface area contributed by atoms with E-state index in [9.17, 15) is 9.59 Å². The standard InChI is InChI=1S/C19H17ClN2O4/c1-11-8-12(20)2-4-14(11)22-18(24)19(6-7-19)17(23)21-13-3-5-15-16(9-13)26-10-25-15/h2-5,8-9H,6-7,10H2,1H3,(H,21,23)(H,22,24). The number of aryl methyl sites for hydroxylation is 1. The molecule has 6 nitrogen and oxygen atoms in total. The van der Waals surface area contributed by atoms with Gasteiger partial charge < -0.3 is 20.1 Å². The largest absolute Gasteiger partial charge is 0.454 e. The maximum atomic E-state index is 12.7. The normalized spacial score (nSPS) is 16.1. The van der Waals surface area contributed by atoms with Crippen molar-refractivity contribution in [3.05, 3.63) is 47.0 Å². The number of benzene rings is 2. The van der Waals surface area contributed by atoms with Crippen LogP contribution in [0.1, 0.15) is 18.4 Å². The molecular formula is C19H17ClN2O4. The summed E-state index contributed by atoms with van der Waals surface area (Å²) in [6.07, 6.45) is 1.03. The molecule has 2 aromatic rings. The van der Waals surface area contributed by atoms with Crippen molar-refractivity contribution >= 4 is 34.8 Å². The summed E-state index contributed by atoms with van der Waals surface area (Å²) in [6, 6.07) is 10.4. The number of rotatable bonds is 4. The molecule has 7 heteroatoms. The van der Waals surface area contributed by atoms with E-state index in [1.54, 1.807) is 36.4 Å². The molecule has 1 aliphatic carbocycles. The Kier molecular flexibility index (Phi) is 4.00. The smallest absolute Gasteiger partial charge is 0.240 e. The van der Waals surface area contributed by atoms with Crippen LogP contribution in [-0.2, 0) is 9.59 Å². The van der Waals surface area contributed by atoms with Gasteiger partial charge in [-0.1, -0.05) is 11.6 Å². The van der Waals surface area contributed by atoms with Gasteiger partial charge in [-0.05, 0) is 55.7 Å². The summed E-state index contributed by atoms with van der Waals surface area (Å²) < 4.78 is 10.6. The van der Waals surface area contributed by atoms with Crippen molar-refractivity contribution < 1.29 is 19.1 Å². The van der Waals surface area contributed by atoms with Crippen molar-refractivity contribution in [2.75, 3.05) is 17.4 Å². The van der Waals surface area contributed by atoms with Gasteiger partial charge in [-0.25, -0.2) is 0 Å². The fourth-order valence-electron chi connectivity index (χ4n) is 2.92. The molecule has 0 radical (unpaired) electrons. The molecule has 0 bridgehead atoms. The molecule has 1 heterocycles. The van der Waals surface area contributed by atoms with E-state index >= 15 is 0 Å². The van der Waals surface area contributed by atoms with Crippen LogP contribution < -0.4 is 20.1 Å². The van der Waals surface area contributed by atoms with Gasteiger partial charge in [0.05, 0.1) is 0 Å². The molecule has 26 heavy (non-hydrogen) atoms. The third-order valence-corrected chi connectivity index (χ3v) is 4.92. The van der Waals surface area contributed by atoms with E-state index in [4.69, 9.17) is 21.1 Å². The molecule has 4 rings (SSSR count). The Hall–Kier alpha value is -2.73. The second-order valence-corrected chi connectivity index (χ2v) is 6.95. The zero-order chi connectivity index (χ0) is 18.3. The lowest BCUT2D eigenvalue weighted by molar-refractivity contribution is -0.131. The fourth-order valence-corrected chi connectivity index (χ4v) is 3.14. The second-order valence-electron chi connectivity index (χ2n) is 6.52. The second kappa shape index (κ2) is 6.21. The highest BCUT2D eigenvalue weighted by atomic mass is 35.5. The molecule has 0 saturated heterocycles. The molecular weight excluding hydrogens is 356 g/mol. The predicted molar refractivity (Wildman–Crippen MR) is 97.7 cm³/mol. The maximum Gasteiger partial charge on any atom is 0.240 e. The van der Waals surface area contributed by atoms with Crippen LogP contribution in [0.2, 0.25) is 5.02 Å². The van der Waals surface area contributed by atoms with Crippen molar-refractivity contribution in [3.8, 4) is 11.5 Å². The molecule has 1 aliphatic heterocycles. The summed E-state index contributed by atoms with van der Waals surface area (Å²) in [5, 5.41) is 6.25. The number of carbonyl (C=O) groups is 2. The Morgan fingerprint density at radius 2 is 1.73 bits per heavy atom. The van der Waals surface area contributed by atoms with E-state index in [0.717, 1.165) is 5.56 Å². The van der Waals surface area contributed by atoms with E-state index in [1.807, 2.05) is 6.92 Å². The minimum absolute atomic E-state index is 0.166. The number of ether oxygens (including phenoxy) is 2. The third-order valence-electron chi connectivity index (χ3n) is 4.69. The molecule has 134 valence electrons. The monoisotopic (exact) mass is 372 g/mol. The highest BCUT2D eigenvalue weighted by Gasteiger charge is 2.56. The summed E-state index contributed by atoms with van der Waals surface area (Å²) in [6.45, 7) is 2.02. The first-order chi connectivity index (χ1) is 12.5. The molecule has 0 spiro atoms. The number of nitrogens with one attached hydrogen (secondary N) is 2. The van der Waals surface area contributed by atoms with Crippen molar-refractivity contribution in [2.24, 2.45) is 5.41 Å². The molecule has 2 N–H and O–H groups in total. The van der Waals surface area contributed by atoms with Gasteiger partial charge in [0.25, 0.3) is 0 Å². The van der Waals surface area contributed by atoms with Gasteiger partial charge in [0.2, 0.25) is 18.6 Å². The quantitative estimate of drug-likeness (QED) is 0.802. The van der Waals surface area contributed by atoms with Crippen LogP contribution in [0.15, 0.2) is 36.4 Å². The summed E-state index contributed by atoms with van der Waals surface area (Å²) in [4.78, 5) is 25.4. The zero-order valence-corrected chi connectivity index (χ0v) is 14.9. The van der Waals surface area contributed by atoms with Gasteiger partial charge >= 0.3 is 0 Å². The number of halogens is 1. The first kappa shape index (κ1) is 16.7. The van der Waals surface area contributed by atoms with E-state index in [-0.39, 0.29) is 18.6 Å². The number of fused-ring (bicyclic) bond motifs is 1. The van der Waals surface area contributed by atoms with Crippen LogP contribution in [0.5, 0.6) is 11.5 Å². The van der Waals surface area contributed by atoms with Crippen LogP contribution >= 0.6 is 11.6 Å². The lowest BCUT2D eigenvalue weighted by Crippen LogP contribution is -2.35. The van der Waals surface area contributed by atoms with E-state index in [1.165, 1.54) is 0 Å². The minimum atomic E-state index is -1.04. The maximum absolute atomic E-state index is 12.7. The lowest BCUT2D eigenvalue weighted by atomic mass is 10.0. The van der Waals surface area contributed by atoms with Crippen molar-refractivity contribution in [2.45, 2.75) is 19.8 Å². The summed E-state index contributed by atoms with van der Waals surface area (Å²) in [5.41, 5.74) is 1.03. The first-order valence-electron chi connectivity index (χ1n) is 8.27. The molecule has 2 amide bonds. The molecule has 0 aromatic heterocycles. The number of hydrogen-bond acceptors (Lipinski definition) is 4. The van der Waals surface area contributed by atoms with Gasteiger partial charge in [-0.3, -0.25) is 9.59 Å². The van der Waals surface area contributed by atoms with Gasteiger partial charge in [-0.2, -0.15) is 0 Å². The highest BCUT2D eigenvalue weighted by molar-refractivity contribution is 6.30. The molecule has 0 unspecified atom stereocenters. The minimum Gasteiger partial charge on any atom is -0.454 e. The Balaban J connectivity index is 1.47. The van der Waals surface area contributed by atoms with Gasteiger partial charge in [-0.15, -0.1) is 0 Å². The lowest BCUT2D eigenvalue weighted by Gasteiger charge is -2.16. The summed E-state index contributed by atoms with van der Waals surface area (Å²) in [7, 11) is 0. The first-order valence-corrected chi connectivity index (χ1v) is 8.64. The van der Waals surface area contributed by atoms with Gasteiger partial charge in [0.15, 0.2) is 11.5 Å².